The molecule has 3 rings (SSSR count). The van der Waals surface area contributed by atoms with Gasteiger partial charge in [-0.25, -0.2) is 0 Å². The lowest BCUT2D eigenvalue weighted by Gasteiger charge is -2.12. The van der Waals surface area contributed by atoms with Crippen molar-refractivity contribution >= 4 is 16.6 Å². The second-order valence-corrected chi connectivity index (χ2v) is 6.53. The summed E-state index contributed by atoms with van der Waals surface area (Å²) in [6.45, 7) is 4.28. The van der Waals surface area contributed by atoms with Gasteiger partial charge in [0.2, 0.25) is 0 Å². The first-order valence-corrected chi connectivity index (χ1v) is 9.80. The van der Waals surface area contributed by atoms with Crippen LogP contribution >= 0.6 is 0 Å². The fourth-order valence-electron chi connectivity index (χ4n) is 2.98. The van der Waals surface area contributed by atoms with Gasteiger partial charge in [0.1, 0.15) is 18.1 Å². The molecule has 4 nitrogen and oxygen atoms in total. The van der Waals surface area contributed by atoms with Crippen LogP contribution in [-0.2, 0) is 0 Å². The quantitative estimate of drug-likeness (QED) is 0.444. The van der Waals surface area contributed by atoms with Crippen LogP contribution in [0, 0.1) is 0 Å². The lowest BCUT2D eigenvalue weighted by molar-refractivity contribution is 0.298. The highest BCUT2D eigenvalue weighted by Crippen LogP contribution is 2.22. The fraction of sp³-hybridized carbons (Fsp3) is 0.348. The van der Waals surface area contributed by atoms with Crippen LogP contribution in [0.5, 0.6) is 11.5 Å². The number of hydrogen-bond donors (Lipinski definition) is 1. The largest absolute Gasteiger partial charge is 0.493 e. The summed E-state index contributed by atoms with van der Waals surface area (Å²) in [5.41, 5.74) is 2.07. The Morgan fingerprint density at radius 1 is 0.852 bits per heavy atom. The zero-order valence-corrected chi connectivity index (χ0v) is 16.0. The molecule has 0 aliphatic carbocycles. The van der Waals surface area contributed by atoms with E-state index in [0.29, 0.717) is 6.61 Å². The minimum absolute atomic E-state index is 0.580. The third-order valence-corrected chi connectivity index (χ3v) is 4.41. The number of pyridine rings is 1. The molecule has 0 saturated carbocycles. The van der Waals surface area contributed by atoms with Gasteiger partial charge in [0.05, 0.1) is 12.1 Å². The van der Waals surface area contributed by atoms with Gasteiger partial charge in [0.25, 0.3) is 0 Å². The Labute approximate surface area is 161 Å². The minimum Gasteiger partial charge on any atom is -0.493 e. The van der Waals surface area contributed by atoms with Crippen LogP contribution < -0.4 is 14.8 Å². The number of anilines is 1. The number of unbranched alkanes of at least 4 members (excludes halogenated alkanes) is 3. The maximum absolute atomic E-state index is 5.87. The van der Waals surface area contributed by atoms with Crippen molar-refractivity contribution in [2.24, 2.45) is 0 Å². The van der Waals surface area contributed by atoms with Crippen LogP contribution in [0.25, 0.3) is 10.9 Å². The number of hydrogen-bond acceptors (Lipinski definition) is 4. The van der Waals surface area contributed by atoms with E-state index in [9.17, 15) is 0 Å². The van der Waals surface area contributed by atoms with Gasteiger partial charge in [0.15, 0.2) is 0 Å². The van der Waals surface area contributed by atoms with Gasteiger partial charge in [-0.3, -0.25) is 4.98 Å². The van der Waals surface area contributed by atoms with Gasteiger partial charge in [-0.2, -0.15) is 0 Å². The van der Waals surface area contributed by atoms with Crippen LogP contribution in [-0.4, -0.2) is 24.7 Å². The first-order chi connectivity index (χ1) is 13.4. The van der Waals surface area contributed by atoms with Crippen molar-refractivity contribution in [3.63, 3.8) is 0 Å². The molecule has 4 heteroatoms. The molecular formula is C23H28N2O2. The maximum Gasteiger partial charge on any atom is 0.123 e. The van der Waals surface area contributed by atoms with E-state index in [-0.39, 0.29) is 0 Å². The molecule has 0 spiro atoms. The van der Waals surface area contributed by atoms with Crippen molar-refractivity contribution in [1.82, 2.24) is 4.98 Å². The molecule has 27 heavy (non-hydrogen) atoms. The van der Waals surface area contributed by atoms with Gasteiger partial charge in [-0.1, -0.05) is 50.5 Å². The standard InChI is InChI=1S/C23H28N2O2/c1-2-3-4-7-16-26-19-9-8-10-20(18-19)27-17-15-25-23-13-14-24-22-12-6-5-11-21(22)23/h5-6,8-14,18H,2-4,7,15-17H2,1H3,(H,24,25). The number of ether oxygens (including phenoxy) is 2. The zero-order valence-electron chi connectivity index (χ0n) is 16.0. The Morgan fingerprint density at radius 3 is 2.52 bits per heavy atom. The second-order valence-electron chi connectivity index (χ2n) is 6.53. The lowest BCUT2D eigenvalue weighted by atomic mass is 10.2. The Balaban J connectivity index is 1.44. The SMILES string of the molecule is CCCCCCOc1cccc(OCCNc2ccnc3ccccc23)c1. The highest BCUT2D eigenvalue weighted by molar-refractivity contribution is 5.90. The summed E-state index contributed by atoms with van der Waals surface area (Å²) in [4.78, 5) is 4.38. The lowest BCUT2D eigenvalue weighted by Crippen LogP contribution is -2.11. The number of nitrogens with one attached hydrogen (secondary N) is 1. The van der Waals surface area contributed by atoms with E-state index in [2.05, 4.69) is 23.3 Å². The molecule has 0 bridgehead atoms. The number of rotatable bonds is 11. The molecule has 3 aromatic rings. The van der Waals surface area contributed by atoms with Crippen LogP contribution in [0.1, 0.15) is 32.6 Å². The van der Waals surface area contributed by atoms with Crippen molar-refractivity contribution in [3.05, 3.63) is 60.8 Å². The smallest absolute Gasteiger partial charge is 0.123 e. The Morgan fingerprint density at radius 2 is 1.67 bits per heavy atom. The molecular weight excluding hydrogens is 336 g/mol. The zero-order chi connectivity index (χ0) is 18.7. The normalized spacial score (nSPS) is 10.7. The number of fused-ring (bicyclic) bond motifs is 1. The summed E-state index contributed by atoms with van der Waals surface area (Å²) >= 11 is 0. The molecule has 142 valence electrons. The predicted molar refractivity (Wildman–Crippen MR) is 112 cm³/mol. The summed E-state index contributed by atoms with van der Waals surface area (Å²) in [5, 5.41) is 4.55. The minimum atomic E-state index is 0.580. The van der Waals surface area contributed by atoms with Crippen molar-refractivity contribution in [2.45, 2.75) is 32.6 Å². The average Bonchev–Trinajstić information content (AvgIpc) is 2.71. The van der Waals surface area contributed by atoms with Crippen LogP contribution in [0.3, 0.4) is 0 Å². The van der Waals surface area contributed by atoms with Crippen molar-refractivity contribution < 1.29 is 9.47 Å². The molecule has 1 N–H and O–H groups in total. The van der Waals surface area contributed by atoms with Gasteiger partial charge < -0.3 is 14.8 Å². The molecule has 0 unspecified atom stereocenters. The highest BCUT2D eigenvalue weighted by atomic mass is 16.5. The van der Waals surface area contributed by atoms with Crippen LogP contribution in [0.4, 0.5) is 5.69 Å². The molecule has 1 heterocycles. The Bertz CT molecular complexity index is 830. The molecule has 1 aromatic heterocycles. The molecule has 0 saturated heterocycles. The van der Waals surface area contributed by atoms with E-state index in [1.807, 2.05) is 54.7 Å². The average molecular weight is 364 g/mol. The number of para-hydroxylation sites is 1. The molecule has 2 aromatic carbocycles. The van der Waals surface area contributed by atoms with E-state index in [1.54, 1.807) is 0 Å². The third kappa shape index (κ3) is 5.88. The van der Waals surface area contributed by atoms with Gasteiger partial charge in [0, 0.05) is 29.9 Å². The van der Waals surface area contributed by atoms with Crippen molar-refractivity contribution in [1.29, 1.82) is 0 Å². The fourth-order valence-corrected chi connectivity index (χ4v) is 2.98. The molecule has 0 radical (unpaired) electrons. The second kappa shape index (κ2) is 10.4. The van der Waals surface area contributed by atoms with Gasteiger partial charge in [-0.15, -0.1) is 0 Å². The van der Waals surface area contributed by atoms with E-state index >= 15 is 0 Å². The molecule has 0 atom stereocenters. The topological polar surface area (TPSA) is 43.4 Å². The van der Waals surface area contributed by atoms with Gasteiger partial charge >= 0.3 is 0 Å². The van der Waals surface area contributed by atoms with Crippen molar-refractivity contribution in [3.8, 4) is 11.5 Å². The summed E-state index contributed by atoms with van der Waals surface area (Å²) in [6, 6.07) is 18.0. The van der Waals surface area contributed by atoms with Crippen molar-refractivity contribution in [2.75, 3.05) is 25.1 Å². The summed E-state index contributed by atoms with van der Waals surface area (Å²) in [7, 11) is 0. The summed E-state index contributed by atoms with van der Waals surface area (Å²) in [6.07, 6.45) is 6.66. The number of nitrogens with zero attached hydrogens (tertiary/aromatic N) is 1. The molecule has 0 fully saturated rings. The first-order valence-electron chi connectivity index (χ1n) is 9.80. The maximum atomic E-state index is 5.87. The van der Waals surface area contributed by atoms with E-state index in [1.165, 1.54) is 19.3 Å². The predicted octanol–water partition coefficient (Wildman–Crippen LogP) is 5.68. The summed E-state index contributed by atoms with van der Waals surface area (Å²) < 4.78 is 11.7. The molecule has 0 aliphatic heterocycles. The Kier molecular flexibility index (Phi) is 7.34. The van der Waals surface area contributed by atoms with E-state index in [4.69, 9.17) is 9.47 Å². The van der Waals surface area contributed by atoms with Crippen LogP contribution in [0.2, 0.25) is 0 Å². The van der Waals surface area contributed by atoms with Gasteiger partial charge in [-0.05, 0) is 30.7 Å². The monoisotopic (exact) mass is 364 g/mol. The third-order valence-electron chi connectivity index (χ3n) is 4.41. The molecule has 0 amide bonds. The molecule has 0 aliphatic rings. The van der Waals surface area contributed by atoms with E-state index < -0.39 is 0 Å². The number of benzene rings is 2. The highest BCUT2D eigenvalue weighted by Gasteiger charge is 2.01. The first kappa shape index (κ1) is 19.0. The Hall–Kier alpha value is -2.75. The summed E-state index contributed by atoms with van der Waals surface area (Å²) in [5.74, 6) is 1.71. The number of aromatic nitrogens is 1. The van der Waals surface area contributed by atoms with Crippen LogP contribution in [0.15, 0.2) is 60.8 Å². The van der Waals surface area contributed by atoms with E-state index in [0.717, 1.165) is 47.7 Å².